The summed E-state index contributed by atoms with van der Waals surface area (Å²) in [6.07, 6.45) is 4.17. The summed E-state index contributed by atoms with van der Waals surface area (Å²) in [5.41, 5.74) is 1.54. The fourth-order valence-corrected chi connectivity index (χ4v) is 4.58. The summed E-state index contributed by atoms with van der Waals surface area (Å²) >= 11 is 0. The number of piperidine rings is 1. The Morgan fingerprint density at radius 1 is 1.23 bits per heavy atom. The third-order valence-electron chi connectivity index (χ3n) is 6.32. The van der Waals surface area contributed by atoms with E-state index in [1.54, 1.807) is 0 Å². The second-order valence-corrected chi connectivity index (χ2v) is 7.59. The first kappa shape index (κ1) is 17.3. The number of hydrogen-bond donors (Lipinski definition) is 1. The average Bonchev–Trinajstić information content (AvgIpc) is 3.03. The maximum atomic E-state index is 13.2. The number of carbonyl (C=O) groups excluding carboxylic acids is 1. The number of nitrogens with zero attached hydrogens (tertiary/aromatic N) is 2. The summed E-state index contributed by atoms with van der Waals surface area (Å²) in [4.78, 5) is 30.5. The summed E-state index contributed by atoms with van der Waals surface area (Å²) in [6.45, 7) is 4.92. The van der Waals surface area contributed by atoms with Gasteiger partial charge < -0.3 is 14.6 Å². The zero-order valence-electron chi connectivity index (χ0n) is 15.4. The van der Waals surface area contributed by atoms with E-state index < -0.39 is 0 Å². The number of H-pyrrole nitrogens is 1. The quantitative estimate of drug-likeness (QED) is 0.918. The molecule has 1 N–H and O–H groups in total. The van der Waals surface area contributed by atoms with Crippen molar-refractivity contribution in [2.24, 2.45) is 5.41 Å². The number of aromatic nitrogens is 2. The molecule has 0 atom stereocenters. The number of imidazole rings is 1. The Morgan fingerprint density at radius 2 is 1.92 bits per heavy atom. The SMILES string of the molecule is CCC1(C(=O)N2CCC(n3c(=O)[nH]c4ccccc43)CC2)CCOCC1. The summed E-state index contributed by atoms with van der Waals surface area (Å²) < 4.78 is 7.35. The van der Waals surface area contributed by atoms with Crippen LogP contribution in [-0.4, -0.2) is 46.7 Å². The maximum absolute atomic E-state index is 13.2. The van der Waals surface area contributed by atoms with Crippen molar-refractivity contribution in [3.05, 3.63) is 34.7 Å². The highest BCUT2D eigenvalue weighted by atomic mass is 16.5. The van der Waals surface area contributed by atoms with Gasteiger partial charge in [-0.1, -0.05) is 19.1 Å². The number of likely N-dealkylation sites (tertiary alicyclic amines) is 1. The molecule has 1 aromatic carbocycles. The van der Waals surface area contributed by atoms with Crippen molar-refractivity contribution >= 4 is 16.9 Å². The van der Waals surface area contributed by atoms with E-state index in [-0.39, 0.29) is 23.1 Å². The lowest BCUT2D eigenvalue weighted by atomic mass is 9.76. The molecule has 0 saturated carbocycles. The zero-order chi connectivity index (χ0) is 18.1. The molecule has 1 amide bonds. The molecule has 2 aromatic rings. The molecule has 0 unspecified atom stereocenters. The van der Waals surface area contributed by atoms with Crippen molar-refractivity contribution in [3.8, 4) is 0 Å². The van der Waals surface area contributed by atoms with Crippen molar-refractivity contribution in [3.63, 3.8) is 0 Å². The van der Waals surface area contributed by atoms with Gasteiger partial charge in [0.1, 0.15) is 0 Å². The number of carbonyl (C=O) groups is 1. The van der Waals surface area contributed by atoms with Crippen LogP contribution in [0.5, 0.6) is 0 Å². The molecule has 6 heteroatoms. The Balaban J connectivity index is 1.49. The first-order valence-corrected chi connectivity index (χ1v) is 9.71. The average molecular weight is 357 g/mol. The van der Waals surface area contributed by atoms with E-state index in [1.807, 2.05) is 33.7 Å². The summed E-state index contributed by atoms with van der Waals surface area (Å²) in [6, 6.07) is 7.96. The van der Waals surface area contributed by atoms with Crippen LogP contribution < -0.4 is 5.69 Å². The van der Waals surface area contributed by atoms with E-state index in [9.17, 15) is 9.59 Å². The fourth-order valence-electron chi connectivity index (χ4n) is 4.58. The van der Waals surface area contributed by atoms with Gasteiger partial charge in [0.15, 0.2) is 0 Å². The Bertz CT molecular complexity index is 839. The summed E-state index contributed by atoms with van der Waals surface area (Å²) in [5, 5.41) is 0. The molecule has 2 aliphatic heterocycles. The minimum Gasteiger partial charge on any atom is -0.381 e. The zero-order valence-corrected chi connectivity index (χ0v) is 15.4. The lowest BCUT2D eigenvalue weighted by Crippen LogP contribution is -2.49. The van der Waals surface area contributed by atoms with Crippen LogP contribution in [-0.2, 0) is 9.53 Å². The molecule has 0 spiro atoms. The molecule has 2 saturated heterocycles. The van der Waals surface area contributed by atoms with Gasteiger partial charge in [0.05, 0.1) is 16.4 Å². The summed E-state index contributed by atoms with van der Waals surface area (Å²) in [5.74, 6) is 0.285. The lowest BCUT2D eigenvalue weighted by molar-refractivity contribution is -0.149. The van der Waals surface area contributed by atoms with E-state index in [1.165, 1.54) is 0 Å². The molecule has 0 aliphatic carbocycles. The van der Waals surface area contributed by atoms with Crippen molar-refractivity contribution in [2.75, 3.05) is 26.3 Å². The largest absolute Gasteiger partial charge is 0.381 e. The first-order chi connectivity index (χ1) is 12.6. The molecule has 0 bridgehead atoms. The predicted octanol–water partition coefficient (Wildman–Crippen LogP) is 2.70. The molecule has 140 valence electrons. The molecule has 3 heterocycles. The van der Waals surface area contributed by atoms with E-state index in [4.69, 9.17) is 4.74 Å². The number of aromatic amines is 1. The van der Waals surface area contributed by atoms with E-state index in [0.29, 0.717) is 13.2 Å². The first-order valence-electron chi connectivity index (χ1n) is 9.71. The number of rotatable bonds is 3. The van der Waals surface area contributed by atoms with E-state index in [2.05, 4.69) is 11.9 Å². The molecular weight excluding hydrogens is 330 g/mol. The number of benzene rings is 1. The molecule has 0 radical (unpaired) electrons. The van der Waals surface area contributed by atoms with Crippen LogP contribution in [0, 0.1) is 5.41 Å². The van der Waals surface area contributed by atoms with Gasteiger partial charge in [0.25, 0.3) is 0 Å². The van der Waals surface area contributed by atoms with Gasteiger partial charge in [-0.25, -0.2) is 4.79 Å². The van der Waals surface area contributed by atoms with Crippen molar-refractivity contribution in [1.82, 2.24) is 14.5 Å². The Hall–Kier alpha value is -2.08. The van der Waals surface area contributed by atoms with Gasteiger partial charge in [-0.2, -0.15) is 0 Å². The van der Waals surface area contributed by atoms with Crippen molar-refractivity contribution < 1.29 is 9.53 Å². The topological polar surface area (TPSA) is 67.3 Å². The highest BCUT2D eigenvalue weighted by molar-refractivity contribution is 5.83. The van der Waals surface area contributed by atoms with Gasteiger partial charge in [0, 0.05) is 32.3 Å². The minimum absolute atomic E-state index is 0.0505. The normalized spacial score (nSPS) is 21.2. The van der Waals surface area contributed by atoms with Crippen LogP contribution in [0.25, 0.3) is 11.0 Å². The van der Waals surface area contributed by atoms with Crippen LogP contribution >= 0.6 is 0 Å². The molecule has 2 fully saturated rings. The van der Waals surface area contributed by atoms with Gasteiger partial charge in [-0.05, 0) is 44.2 Å². The fraction of sp³-hybridized carbons (Fsp3) is 0.600. The second kappa shape index (κ2) is 6.91. The van der Waals surface area contributed by atoms with E-state index >= 15 is 0 Å². The summed E-state index contributed by atoms with van der Waals surface area (Å²) in [7, 11) is 0. The number of nitrogens with one attached hydrogen (secondary N) is 1. The predicted molar refractivity (Wildman–Crippen MR) is 100 cm³/mol. The van der Waals surface area contributed by atoms with Gasteiger partial charge in [0.2, 0.25) is 5.91 Å². The molecule has 1 aromatic heterocycles. The minimum atomic E-state index is -0.247. The Morgan fingerprint density at radius 3 is 2.62 bits per heavy atom. The van der Waals surface area contributed by atoms with Crippen LogP contribution in [0.15, 0.2) is 29.1 Å². The molecule has 26 heavy (non-hydrogen) atoms. The van der Waals surface area contributed by atoms with Crippen LogP contribution in [0.3, 0.4) is 0 Å². The maximum Gasteiger partial charge on any atom is 0.326 e. The van der Waals surface area contributed by atoms with E-state index in [0.717, 1.165) is 56.2 Å². The molecule has 2 aliphatic rings. The third-order valence-corrected chi connectivity index (χ3v) is 6.32. The third kappa shape index (κ3) is 2.86. The lowest BCUT2D eigenvalue weighted by Gasteiger charge is -2.41. The molecule has 4 rings (SSSR count). The highest BCUT2D eigenvalue weighted by Gasteiger charge is 2.41. The van der Waals surface area contributed by atoms with Crippen molar-refractivity contribution in [1.29, 1.82) is 0 Å². The number of ether oxygens (including phenoxy) is 1. The highest BCUT2D eigenvalue weighted by Crippen LogP contribution is 2.37. The smallest absolute Gasteiger partial charge is 0.326 e. The number of para-hydroxylation sites is 2. The Kier molecular flexibility index (Phi) is 4.61. The van der Waals surface area contributed by atoms with Gasteiger partial charge >= 0.3 is 5.69 Å². The van der Waals surface area contributed by atoms with Gasteiger partial charge in [-0.3, -0.25) is 9.36 Å². The van der Waals surface area contributed by atoms with Crippen LogP contribution in [0.2, 0.25) is 0 Å². The second-order valence-electron chi connectivity index (χ2n) is 7.59. The Labute approximate surface area is 153 Å². The molecular formula is C20H27N3O3. The van der Waals surface area contributed by atoms with Crippen LogP contribution in [0.4, 0.5) is 0 Å². The van der Waals surface area contributed by atoms with Crippen LogP contribution in [0.1, 0.15) is 45.1 Å². The monoisotopic (exact) mass is 357 g/mol. The number of hydrogen-bond acceptors (Lipinski definition) is 3. The number of fused-ring (bicyclic) bond motifs is 1. The molecule has 6 nitrogen and oxygen atoms in total. The standard InChI is InChI=1S/C20H27N3O3/c1-2-20(9-13-26-14-10-20)18(24)22-11-7-15(8-12-22)23-17-6-4-3-5-16(17)21-19(23)25/h3-6,15H,2,7-14H2,1H3,(H,21,25). The van der Waals surface area contributed by atoms with Crippen molar-refractivity contribution in [2.45, 2.75) is 45.1 Å². The van der Waals surface area contributed by atoms with Gasteiger partial charge in [-0.15, -0.1) is 0 Å². The number of amides is 1.